The third kappa shape index (κ3) is 3.69. The van der Waals surface area contributed by atoms with E-state index in [0.717, 1.165) is 0 Å². The van der Waals surface area contributed by atoms with E-state index in [-0.39, 0.29) is 17.1 Å². The highest BCUT2D eigenvalue weighted by molar-refractivity contribution is 7.84. The second kappa shape index (κ2) is 6.23. The Hall–Kier alpha value is -2.61. The highest BCUT2D eigenvalue weighted by atomic mass is 32.2. The molecule has 0 aliphatic carbocycles. The second-order valence-corrected chi connectivity index (χ2v) is 5.51. The predicted molar refractivity (Wildman–Crippen MR) is 74.4 cm³/mol. The normalized spacial score (nSPS) is 11.8. The van der Waals surface area contributed by atoms with Gasteiger partial charge in [0, 0.05) is 17.0 Å². The zero-order chi connectivity index (χ0) is 15.4. The molecule has 1 N–H and O–H groups in total. The maximum Gasteiger partial charge on any atom is 0.354 e. The summed E-state index contributed by atoms with van der Waals surface area (Å²) >= 11 is 0. The molecule has 7 nitrogen and oxygen atoms in total. The van der Waals surface area contributed by atoms with Gasteiger partial charge in [-0.1, -0.05) is 6.07 Å². The lowest BCUT2D eigenvalue weighted by Crippen LogP contribution is -2.05. The molecule has 108 valence electrons. The molecule has 0 bridgehead atoms. The number of nitro groups is 1. The number of carbonyl (C=O) groups is 1. The molecular formula is C13H10N2O5S. The number of carboxylic acid groups (broad SMARTS) is 1. The van der Waals surface area contributed by atoms with Crippen molar-refractivity contribution in [3.05, 3.63) is 64.0 Å². The number of pyridine rings is 1. The summed E-state index contributed by atoms with van der Waals surface area (Å²) in [5, 5.41) is 19.4. The molecule has 2 aromatic rings. The number of non-ortho nitro benzene ring substituents is 1. The van der Waals surface area contributed by atoms with Crippen molar-refractivity contribution in [1.82, 2.24) is 4.98 Å². The lowest BCUT2D eigenvalue weighted by molar-refractivity contribution is -0.384. The Labute approximate surface area is 121 Å². The Morgan fingerprint density at radius 1 is 1.24 bits per heavy atom. The summed E-state index contributed by atoms with van der Waals surface area (Å²) in [5.41, 5.74) is 0.182. The van der Waals surface area contributed by atoms with Gasteiger partial charge in [-0.3, -0.25) is 14.3 Å². The zero-order valence-corrected chi connectivity index (χ0v) is 11.4. The van der Waals surface area contributed by atoms with Crippen LogP contribution in [0.15, 0.2) is 47.4 Å². The standard InChI is InChI=1S/C13H10N2O5S/c16-13(17)12-3-1-2-9(14-12)8-21(20)11-6-4-10(5-7-11)15(18)19/h1-7H,8H2,(H,16,17). The van der Waals surface area contributed by atoms with E-state index in [1.807, 2.05) is 0 Å². The second-order valence-electron chi connectivity index (χ2n) is 4.06. The zero-order valence-electron chi connectivity index (χ0n) is 10.6. The van der Waals surface area contributed by atoms with Crippen LogP contribution in [0.1, 0.15) is 16.2 Å². The number of benzene rings is 1. The van der Waals surface area contributed by atoms with Gasteiger partial charge in [-0.15, -0.1) is 0 Å². The van der Waals surface area contributed by atoms with Gasteiger partial charge in [0.2, 0.25) is 0 Å². The Balaban J connectivity index is 2.16. The fourth-order valence-electron chi connectivity index (χ4n) is 1.62. The summed E-state index contributed by atoms with van der Waals surface area (Å²) < 4.78 is 12.1. The number of aromatic nitrogens is 1. The molecule has 0 saturated heterocycles. The lowest BCUT2D eigenvalue weighted by Gasteiger charge is -2.03. The Bertz CT molecular complexity index is 715. The van der Waals surface area contributed by atoms with Crippen LogP contribution in [0.5, 0.6) is 0 Å². The van der Waals surface area contributed by atoms with Crippen LogP contribution in [0.2, 0.25) is 0 Å². The van der Waals surface area contributed by atoms with Gasteiger partial charge in [0.05, 0.1) is 27.2 Å². The number of nitro benzene ring substituents is 1. The van der Waals surface area contributed by atoms with E-state index < -0.39 is 21.7 Å². The molecule has 2 rings (SSSR count). The van der Waals surface area contributed by atoms with E-state index in [2.05, 4.69) is 4.98 Å². The first kappa shape index (κ1) is 14.8. The minimum Gasteiger partial charge on any atom is -0.477 e. The molecule has 8 heteroatoms. The molecule has 1 aromatic heterocycles. The minimum atomic E-state index is -1.46. The molecule has 0 spiro atoms. The van der Waals surface area contributed by atoms with Gasteiger partial charge in [-0.05, 0) is 24.3 Å². The van der Waals surface area contributed by atoms with Crippen molar-refractivity contribution in [3.63, 3.8) is 0 Å². The summed E-state index contributed by atoms with van der Waals surface area (Å²) in [6.07, 6.45) is 0. The van der Waals surface area contributed by atoms with Gasteiger partial charge in [0.1, 0.15) is 5.69 Å². The van der Waals surface area contributed by atoms with Gasteiger partial charge >= 0.3 is 5.97 Å². The summed E-state index contributed by atoms with van der Waals surface area (Å²) in [6, 6.07) is 9.82. The van der Waals surface area contributed by atoms with Gasteiger partial charge in [0.25, 0.3) is 5.69 Å². The number of rotatable bonds is 5. The van der Waals surface area contributed by atoms with Crippen molar-refractivity contribution < 1.29 is 19.0 Å². The first-order chi connectivity index (χ1) is 9.97. The predicted octanol–water partition coefficient (Wildman–Crippen LogP) is 2.00. The molecule has 1 atom stereocenters. The van der Waals surface area contributed by atoms with Crippen molar-refractivity contribution in [3.8, 4) is 0 Å². The first-order valence-corrected chi connectivity index (χ1v) is 7.11. The number of carboxylic acids is 1. The van der Waals surface area contributed by atoms with Crippen LogP contribution in [0.3, 0.4) is 0 Å². The van der Waals surface area contributed by atoms with Crippen LogP contribution in [-0.4, -0.2) is 25.2 Å². The Morgan fingerprint density at radius 2 is 1.90 bits per heavy atom. The molecule has 0 saturated carbocycles. The third-order valence-corrected chi connectivity index (χ3v) is 3.97. The first-order valence-electron chi connectivity index (χ1n) is 5.79. The van der Waals surface area contributed by atoms with Crippen LogP contribution < -0.4 is 0 Å². The van der Waals surface area contributed by atoms with E-state index in [1.165, 1.54) is 36.4 Å². The monoisotopic (exact) mass is 306 g/mol. The summed E-state index contributed by atoms with van der Waals surface area (Å²) in [5.74, 6) is -1.11. The quantitative estimate of drug-likeness (QED) is 0.668. The minimum absolute atomic E-state index is 0.0406. The lowest BCUT2D eigenvalue weighted by atomic mass is 10.3. The summed E-state index contributed by atoms with van der Waals surface area (Å²) in [7, 11) is -1.46. The smallest absolute Gasteiger partial charge is 0.354 e. The SMILES string of the molecule is O=C(O)c1cccc(CS(=O)c2ccc([N+](=O)[O-])cc2)n1. The highest BCUT2D eigenvalue weighted by Gasteiger charge is 2.11. The topological polar surface area (TPSA) is 110 Å². The molecule has 0 radical (unpaired) electrons. The fraction of sp³-hybridized carbons (Fsp3) is 0.0769. The van der Waals surface area contributed by atoms with E-state index in [0.29, 0.717) is 10.6 Å². The maximum absolute atomic E-state index is 12.1. The van der Waals surface area contributed by atoms with Crippen LogP contribution >= 0.6 is 0 Å². The largest absolute Gasteiger partial charge is 0.477 e. The van der Waals surface area contributed by atoms with Gasteiger partial charge < -0.3 is 5.11 Å². The van der Waals surface area contributed by atoms with Crippen molar-refractivity contribution in [2.75, 3.05) is 0 Å². The van der Waals surface area contributed by atoms with E-state index in [4.69, 9.17) is 5.11 Å². The van der Waals surface area contributed by atoms with Crippen LogP contribution in [0.25, 0.3) is 0 Å². The molecule has 1 unspecified atom stereocenters. The average Bonchev–Trinajstić information content (AvgIpc) is 2.47. The van der Waals surface area contributed by atoms with E-state index >= 15 is 0 Å². The number of hydrogen-bond acceptors (Lipinski definition) is 5. The van der Waals surface area contributed by atoms with Crippen molar-refractivity contribution in [1.29, 1.82) is 0 Å². The van der Waals surface area contributed by atoms with Crippen LogP contribution in [0, 0.1) is 10.1 Å². The number of nitrogens with zero attached hydrogens (tertiary/aromatic N) is 2. The molecule has 0 aliphatic heterocycles. The van der Waals surface area contributed by atoms with Crippen molar-refractivity contribution >= 4 is 22.5 Å². The molecule has 0 amide bonds. The summed E-state index contributed by atoms with van der Waals surface area (Å²) in [4.78, 5) is 25.1. The fourth-order valence-corrected chi connectivity index (χ4v) is 2.65. The molecule has 21 heavy (non-hydrogen) atoms. The molecular weight excluding hydrogens is 296 g/mol. The molecule has 0 aliphatic rings. The molecule has 1 heterocycles. The van der Waals surface area contributed by atoms with Crippen molar-refractivity contribution in [2.24, 2.45) is 0 Å². The summed E-state index contributed by atoms with van der Waals surface area (Å²) in [6.45, 7) is 0. The maximum atomic E-state index is 12.1. The molecule has 0 fully saturated rings. The average molecular weight is 306 g/mol. The van der Waals surface area contributed by atoms with E-state index in [1.54, 1.807) is 6.07 Å². The Kier molecular flexibility index (Phi) is 4.39. The van der Waals surface area contributed by atoms with E-state index in [9.17, 15) is 19.1 Å². The number of hydrogen-bond donors (Lipinski definition) is 1. The third-order valence-electron chi connectivity index (χ3n) is 2.62. The number of aromatic carboxylic acids is 1. The van der Waals surface area contributed by atoms with Crippen LogP contribution in [-0.2, 0) is 16.6 Å². The van der Waals surface area contributed by atoms with Gasteiger partial charge in [-0.25, -0.2) is 9.78 Å². The highest BCUT2D eigenvalue weighted by Crippen LogP contribution is 2.16. The Morgan fingerprint density at radius 3 is 2.48 bits per heavy atom. The molecule has 1 aromatic carbocycles. The van der Waals surface area contributed by atoms with Gasteiger partial charge in [-0.2, -0.15) is 0 Å². The van der Waals surface area contributed by atoms with Crippen molar-refractivity contribution in [2.45, 2.75) is 10.6 Å². The van der Waals surface area contributed by atoms with Crippen LogP contribution in [0.4, 0.5) is 5.69 Å². The van der Waals surface area contributed by atoms with Gasteiger partial charge in [0.15, 0.2) is 0 Å².